The Hall–Kier alpha value is -2.21. The lowest BCUT2D eigenvalue weighted by Crippen LogP contribution is -2.51. The highest BCUT2D eigenvalue weighted by molar-refractivity contribution is 5.94. The van der Waals surface area contributed by atoms with Gasteiger partial charge in [0.1, 0.15) is 0 Å². The molecule has 5 nitrogen and oxygen atoms in total. The molecule has 0 saturated carbocycles. The fourth-order valence-electron chi connectivity index (χ4n) is 4.18. The number of para-hydroxylation sites is 1. The van der Waals surface area contributed by atoms with E-state index in [1.54, 1.807) is 0 Å². The van der Waals surface area contributed by atoms with Crippen LogP contribution in [0.3, 0.4) is 0 Å². The first-order valence-corrected chi connectivity index (χ1v) is 10.7. The Balaban J connectivity index is 1.34. The Morgan fingerprint density at radius 2 is 1.59 bits per heavy atom. The van der Waals surface area contributed by atoms with Gasteiger partial charge in [-0.15, -0.1) is 0 Å². The van der Waals surface area contributed by atoms with E-state index in [-0.39, 0.29) is 5.91 Å². The summed E-state index contributed by atoms with van der Waals surface area (Å²) in [4.78, 5) is 19.9. The average Bonchev–Trinajstić information content (AvgIpc) is 3.28. The summed E-state index contributed by atoms with van der Waals surface area (Å²) < 4.78 is 5.77. The lowest BCUT2D eigenvalue weighted by molar-refractivity contribution is -0.120. The number of rotatable bonds is 7. The smallest absolute Gasteiger partial charge is 0.241 e. The Bertz CT molecular complexity index is 754. The first-order chi connectivity index (χ1) is 14.3. The molecular weight excluding hydrogens is 362 g/mol. The molecule has 4 rings (SSSR count). The van der Waals surface area contributed by atoms with Crippen LogP contribution >= 0.6 is 0 Å². The van der Waals surface area contributed by atoms with Crippen molar-refractivity contribution in [3.8, 4) is 0 Å². The predicted octanol–water partition coefficient (Wildman–Crippen LogP) is 3.02. The van der Waals surface area contributed by atoms with Gasteiger partial charge in [0.2, 0.25) is 5.91 Å². The highest BCUT2D eigenvalue weighted by Crippen LogP contribution is 2.18. The number of amides is 1. The number of ether oxygens (including phenoxy) is 1. The fraction of sp³-hybridized carbons (Fsp3) is 0.458. The van der Waals surface area contributed by atoms with Gasteiger partial charge in [0, 0.05) is 45.0 Å². The molecule has 0 aliphatic carbocycles. The molecule has 2 aromatic carbocycles. The molecule has 154 valence electrons. The summed E-state index contributed by atoms with van der Waals surface area (Å²) in [6.45, 7) is 6.91. The maximum Gasteiger partial charge on any atom is 0.241 e. The largest absolute Gasteiger partial charge is 0.377 e. The average molecular weight is 394 g/mol. The quantitative estimate of drug-likeness (QED) is 0.725. The third-order valence-electron chi connectivity index (χ3n) is 5.86. The normalized spacial score (nSPS) is 20.6. The molecule has 2 fully saturated rings. The van der Waals surface area contributed by atoms with Gasteiger partial charge in [-0.05, 0) is 30.5 Å². The Morgan fingerprint density at radius 3 is 2.24 bits per heavy atom. The number of benzene rings is 2. The Labute approximate surface area is 173 Å². The second kappa shape index (κ2) is 10.0. The van der Waals surface area contributed by atoms with Crippen LogP contribution in [-0.4, -0.2) is 67.7 Å². The van der Waals surface area contributed by atoms with Crippen LogP contribution in [0, 0.1) is 0 Å². The number of hydrogen-bond acceptors (Lipinski definition) is 4. The van der Waals surface area contributed by atoms with Gasteiger partial charge >= 0.3 is 0 Å². The van der Waals surface area contributed by atoms with Gasteiger partial charge < -0.3 is 9.64 Å². The van der Waals surface area contributed by atoms with Crippen molar-refractivity contribution in [3.63, 3.8) is 0 Å². The molecule has 2 aliphatic rings. The molecule has 29 heavy (non-hydrogen) atoms. The summed E-state index contributed by atoms with van der Waals surface area (Å²) in [5, 5.41) is 0. The van der Waals surface area contributed by atoms with E-state index in [2.05, 4.69) is 21.9 Å². The minimum Gasteiger partial charge on any atom is -0.377 e. The molecule has 0 bridgehead atoms. The van der Waals surface area contributed by atoms with E-state index in [0.717, 1.165) is 50.6 Å². The van der Waals surface area contributed by atoms with Crippen LogP contribution in [0.4, 0.5) is 5.69 Å². The van der Waals surface area contributed by atoms with E-state index < -0.39 is 0 Å². The fourth-order valence-corrected chi connectivity index (χ4v) is 4.18. The van der Waals surface area contributed by atoms with Gasteiger partial charge in [-0.2, -0.15) is 0 Å². The zero-order valence-electron chi connectivity index (χ0n) is 17.1. The maximum absolute atomic E-state index is 13.2. The van der Waals surface area contributed by atoms with Gasteiger partial charge in [0.25, 0.3) is 0 Å². The van der Waals surface area contributed by atoms with Crippen molar-refractivity contribution >= 4 is 11.6 Å². The summed E-state index contributed by atoms with van der Waals surface area (Å²) in [5.41, 5.74) is 2.10. The summed E-state index contributed by atoms with van der Waals surface area (Å²) in [6, 6.07) is 20.2. The van der Waals surface area contributed by atoms with Crippen molar-refractivity contribution in [1.82, 2.24) is 9.80 Å². The highest BCUT2D eigenvalue weighted by atomic mass is 16.5. The zero-order chi connectivity index (χ0) is 19.9. The van der Waals surface area contributed by atoms with Gasteiger partial charge in [-0.1, -0.05) is 48.5 Å². The lowest BCUT2D eigenvalue weighted by atomic mass is 10.2. The maximum atomic E-state index is 13.2. The van der Waals surface area contributed by atoms with Crippen LogP contribution in [0.1, 0.15) is 18.4 Å². The summed E-state index contributed by atoms with van der Waals surface area (Å²) in [5.74, 6) is 0.160. The molecule has 0 spiro atoms. The van der Waals surface area contributed by atoms with E-state index in [1.807, 2.05) is 53.4 Å². The van der Waals surface area contributed by atoms with Gasteiger partial charge in [-0.3, -0.25) is 14.6 Å². The zero-order valence-corrected chi connectivity index (χ0v) is 17.1. The number of carbonyl (C=O) groups excluding carboxylic acids is 1. The van der Waals surface area contributed by atoms with Crippen LogP contribution in [-0.2, 0) is 16.1 Å². The molecule has 1 unspecified atom stereocenters. The van der Waals surface area contributed by atoms with Crippen LogP contribution < -0.4 is 4.90 Å². The molecule has 5 heteroatoms. The molecule has 2 heterocycles. The second-order valence-corrected chi connectivity index (χ2v) is 8.01. The van der Waals surface area contributed by atoms with Gasteiger partial charge in [0.05, 0.1) is 19.2 Å². The third kappa shape index (κ3) is 5.66. The molecule has 2 aliphatic heterocycles. The number of carbonyl (C=O) groups is 1. The van der Waals surface area contributed by atoms with Crippen LogP contribution in [0.25, 0.3) is 0 Å². The van der Waals surface area contributed by atoms with Crippen LogP contribution in [0.2, 0.25) is 0 Å². The number of nitrogens with zero attached hydrogens (tertiary/aromatic N) is 3. The molecule has 1 atom stereocenters. The monoisotopic (exact) mass is 393 g/mol. The van der Waals surface area contributed by atoms with Crippen molar-refractivity contribution in [1.29, 1.82) is 0 Å². The number of piperazine rings is 1. The predicted molar refractivity (Wildman–Crippen MR) is 116 cm³/mol. The molecular formula is C24H31N3O2. The molecule has 1 amide bonds. The van der Waals surface area contributed by atoms with E-state index in [1.165, 1.54) is 12.8 Å². The highest BCUT2D eigenvalue weighted by Gasteiger charge is 2.25. The van der Waals surface area contributed by atoms with Crippen molar-refractivity contribution in [2.24, 2.45) is 0 Å². The van der Waals surface area contributed by atoms with Crippen molar-refractivity contribution in [2.45, 2.75) is 25.5 Å². The standard InChI is InChI=1S/C24H31N3O2/c28-24(20-26-15-13-25(14-16-26)19-23-12-7-17-29-23)27(22-10-5-2-6-11-22)18-21-8-3-1-4-9-21/h1-6,8-11,23H,7,12-20H2. The van der Waals surface area contributed by atoms with Crippen molar-refractivity contribution in [3.05, 3.63) is 66.2 Å². The second-order valence-electron chi connectivity index (χ2n) is 8.01. The van der Waals surface area contributed by atoms with E-state index in [4.69, 9.17) is 4.74 Å². The summed E-state index contributed by atoms with van der Waals surface area (Å²) in [7, 11) is 0. The number of hydrogen-bond donors (Lipinski definition) is 0. The Morgan fingerprint density at radius 1 is 0.931 bits per heavy atom. The van der Waals surface area contributed by atoms with Crippen LogP contribution in [0.15, 0.2) is 60.7 Å². The minimum absolute atomic E-state index is 0.160. The molecule has 2 aromatic rings. The van der Waals surface area contributed by atoms with Crippen molar-refractivity contribution < 1.29 is 9.53 Å². The first-order valence-electron chi connectivity index (χ1n) is 10.7. The third-order valence-corrected chi connectivity index (χ3v) is 5.86. The van der Waals surface area contributed by atoms with E-state index >= 15 is 0 Å². The first kappa shape index (κ1) is 20.1. The molecule has 0 aromatic heterocycles. The minimum atomic E-state index is 0.160. The molecule has 0 radical (unpaired) electrons. The van der Waals surface area contributed by atoms with E-state index in [9.17, 15) is 4.79 Å². The SMILES string of the molecule is O=C(CN1CCN(CC2CCCO2)CC1)N(Cc1ccccc1)c1ccccc1. The topological polar surface area (TPSA) is 36.0 Å². The Kier molecular flexibility index (Phi) is 6.93. The van der Waals surface area contributed by atoms with Crippen LogP contribution in [0.5, 0.6) is 0 Å². The number of anilines is 1. The van der Waals surface area contributed by atoms with Crippen molar-refractivity contribution in [2.75, 3.05) is 50.8 Å². The van der Waals surface area contributed by atoms with Gasteiger partial charge in [-0.25, -0.2) is 0 Å². The summed E-state index contributed by atoms with van der Waals surface area (Å²) >= 11 is 0. The van der Waals surface area contributed by atoms with E-state index in [0.29, 0.717) is 19.2 Å². The summed E-state index contributed by atoms with van der Waals surface area (Å²) in [6.07, 6.45) is 2.78. The molecule has 2 saturated heterocycles. The lowest BCUT2D eigenvalue weighted by Gasteiger charge is -2.36. The molecule has 0 N–H and O–H groups in total. The van der Waals surface area contributed by atoms with Gasteiger partial charge in [0.15, 0.2) is 0 Å².